The Labute approximate surface area is 353 Å². The Morgan fingerprint density at radius 1 is 0.603 bits per heavy atom. The monoisotopic (exact) mass is 843 g/mol. The first-order chi connectivity index (χ1) is 27.8. The number of carbonyl (C=O) groups excluding carboxylic acids is 2. The Bertz CT molecular complexity index is 1170. The zero-order chi connectivity index (χ0) is 43.2. The van der Waals surface area contributed by atoms with Crippen LogP contribution in [0.1, 0.15) is 168 Å². The van der Waals surface area contributed by atoms with Crippen LogP contribution in [-0.4, -0.2) is 97.3 Å². The number of nitrogens with zero attached hydrogens (tertiary/aromatic N) is 1. The highest BCUT2D eigenvalue weighted by molar-refractivity contribution is 7.47. The largest absolute Gasteiger partial charge is 0.472 e. The molecule has 0 rings (SSSR count). The summed E-state index contributed by atoms with van der Waals surface area (Å²) in [6.07, 6.45) is 36.0. The number of aliphatic hydroxyl groups excluding tert-OH is 2. The van der Waals surface area contributed by atoms with E-state index in [4.69, 9.17) is 18.5 Å². The van der Waals surface area contributed by atoms with Gasteiger partial charge in [0.15, 0.2) is 6.10 Å². The molecule has 0 aliphatic rings. The number of phosphoric ester groups is 1. The number of rotatable bonds is 40. The van der Waals surface area contributed by atoms with Crippen molar-refractivity contribution in [2.75, 3.05) is 47.5 Å². The third-order valence-corrected chi connectivity index (χ3v) is 10.5. The van der Waals surface area contributed by atoms with Crippen molar-refractivity contribution in [1.29, 1.82) is 0 Å². The highest BCUT2D eigenvalue weighted by Gasteiger charge is 2.27. The van der Waals surface area contributed by atoms with Gasteiger partial charge in [-0.1, -0.05) is 127 Å². The second-order valence-electron chi connectivity index (χ2n) is 16.4. The Morgan fingerprint density at radius 3 is 1.69 bits per heavy atom. The number of hydrogen-bond acceptors (Lipinski definition) is 9. The van der Waals surface area contributed by atoms with Crippen LogP contribution in [0.25, 0.3) is 0 Å². The molecular weight excluding hydrogens is 757 g/mol. The van der Waals surface area contributed by atoms with E-state index in [1.165, 1.54) is 38.5 Å². The summed E-state index contributed by atoms with van der Waals surface area (Å²) in [6, 6.07) is 0. The van der Waals surface area contributed by atoms with Crippen LogP contribution in [0, 0.1) is 0 Å². The van der Waals surface area contributed by atoms with Crippen LogP contribution in [-0.2, 0) is 32.7 Å². The molecule has 3 N–H and O–H groups in total. The fourth-order valence-corrected chi connectivity index (χ4v) is 6.55. The highest BCUT2D eigenvalue weighted by Crippen LogP contribution is 2.43. The lowest BCUT2D eigenvalue weighted by atomic mass is 10.0. The number of unbranched alkanes of at least 4 members (excludes halogenated alkanes) is 14. The van der Waals surface area contributed by atoms with Gasteiger partial charge >= 0.3 is 19.8 Å². The van der Waals surface area contributed by atoms with Crippen molar-refractivity contribution < 1.29 is 52.3 Å². The SMILES string of the molecule is CCCCC/C=C\C/C=C\C/C=C\CCCCCCC(=O)O[C@H](COC(=O)CCCCCCC[C@@H](O)[C@H](O)C/C=C\CCCCC)COP(=O)(O)OCC[N+](C)(C)C. The molecule has 0 radical (unpaired) electrons. The molecule has 0 bridgehead atoms. The number of quaternary nitrogens is 1. The molecule has 338 valence electrons. The maximum absolute atomic E-state index is 12.7. The van der Waals surface area contributed by atoms with Gasteiger partial charge in [0.2, 0.25) is 0 Å². The van der Waals surface area contributed by atoms with Gasteiger partial charge in [0.25, 0.3) is 0 Å². The molecule has 12 heteroatoms. The smallest absolute Gasteiger partial charge is 0.462 e. The van der Waals surface area contributed by atoms with E-state index in [0.717, 1.165) is 77.0 Å². The zero-order valence-electron chi connectivity index (χ0n) is 37.2. The summed E-state index contributed by atoms with van der Waals surface area (Å²) in [5.41, 5.74) is 0. The van der Waals surface area contributed by atoms with E-state index < -0.39 is 44.7 Å². The minimum Gasteiger partial charge on any atom is -0.462 e. The zero-order valence-corrected chi connectivity index (χ0v) is 38.1. The number of hydrogen-bond donors (Lipinski definition) is 3. The number of likely N-dealkylation sites (N-methyl/N-ethyl adjacent to an activating group) is 1. The lowest BCUT2D eigenvalue weighted by molar-refractivity contribution is -0.870. The van der Waals surface area contributed by atoms with Crippen LogP contribution in [0.5, 0.6) is 0 Å². The van der Waals surface area contributed by atoms with E-state index in [1.807, 2.05) is 27.2 Å². The molecule has 0 spiro atoms. The minimum atomic E-state index is -4.42. The third-order valence-electron chi connectivity index (χ3n) is 9.53. The van der Waals surface area contributed by atoms with Gasteiger partial charge in [0, 0.05) is 12.8 Å². The number of phosphoric acid groups is 1. The van der Waals surface area contributed by atoms with Gasteiger partial charge in [-0.05, 0) is 77.0 Å². The van der Waals surface area contributed by atoms with Crippen molar-refractivity contribution in [2.45, 2.75) is 186 Å². The van der Waals surface area contributed by atoms with E-state index >= 15 is 0 Å². The van der Waals surface area contributed by atoms with Crippen molar-refractivity contribution >= 4 is 19.8 Å². The van der Waals surface area contributed by atoms with Crippen LogP contribution < -0.4 is 0 Å². The summed E-state index contributed by atoms with van der Waals surface area (Å²) in [5.74, 6) is -0.938. The molecule has 0 aromatic carbocycles. The Hall–Kier alpha value is -2.11. The Balaban J connectivity index is 4.52. The minimum absolute atomic E-state index is 0.0000679. The maximum atomic E-state index is 12.7. The lowest BCUT2D eigenvalue weighted by Gasteiger charge is -2.24. The van der Waals surface area contributed by atoms with E-state index in [-0.39, 0.29) is 26.1 Å². The summed E-state index contributed by atoms with van der Waals surface area (Å²) in [7, 11) is 1.37. The van der Waals surface area contributed by atoms with Gasteiger partial charge in [0.1, 0.15) is 19.8 Å². The molecule has 1 unspecified atom stereocenters. The molecule has 11 nitrogen and oxygen atoms in total. The van der Waals surface area contributed by atoms with Gasteiger partial charge in [-0.2, -0.15) is 0 Å². The standard InChI is InChI=1S/C46H84NO10P/c1-6-8-10-12-14-15-16-17-18-19-20-21-22-23-24-28-33-37-46(51)57-42(41-56-58(52,53)55-39-38-47(3,4)5)40-54-45(50)36-32-29-25-27-31-35-44(49)43(48)34-30-26-13-11-9-7-2/h14-15,17-18,20-21,26,30,42-44,48-49H,6-13,16,19,22-25,27-29,31-41H2,1-5H3/p+1/b15-14-,18-17-,21-20-,30-26-/t42-,43-,44-/m1/s1. The third kappa shape index (κ3) is 39.4. The first-order valence-corrected chi connectivity index (χ1v) is 24.0. The molecule has 0 aliphatic heterocycles. The number of carbonyl (C=O) groups is 2. The number of aliphatic hydroxyl groups is 2. The van der Waals surface area contributed by atoms with Crippen molar-refractivity contribution in [3.8, 4) is 0 Å². The quantitative estimate of drug-likeness (QED) is 0.0179. The molecule has 0 heterocycles. The molecule has 58 heavy (non-hydrogen) atoms. The summed E-state index contributed by atoms with van der Waals surface area (Å²) in [4.78, 5) is 35.4. The van der Waals surface area contributed by atoms with Crippen molar-refractivity contribution in [3.63, 3.8) is 0 Å². The lowest BCUT2D eigenvalue weighted by Crippen LogP contribution is -2.37. The summed E-state index contributed by atoms with van der Waals surface area (Å²) in [5, 5.41) is 20.5. The van der Waals surface area contributed by atoms with Crippen LogP contribution in [0.2, 0.25) is 0 Å². The average Bonchev–Trinajstić information content (AvgIpc) is 3.17. The van der Waals surface area contributed by atoms with E-state index in [2.05, 4.69) is 56.4 Å². The normalized spacial score (nSPS) is 15.1. The molecule has 0 aliphatic carbocycles. The first kappa shape index (κ1) is 55.9. The van der Waals surface area contributed by atoms with Gasteiger partial charge in [-0.3, -0.25) is 18.6 Å². The van der Waals surface area contributed by atoms with Crippen LogP contribution >= 0.6 is 7.82 Å². The summed E-state index contributed by atoms with van der Waals surface area (Å²) in [6.45, 7) is 4.12. The second kappa shape index (κ2) is 37.9. The number of allylic oxidation sites excluding steroid dienone is 7. The molecule has 0 saturated heterocycles. The molecule has 0 fully saturated rings. The number of esters is 2. The van der Waals surface area contributed by atoms with E-state index in [9.17, 15) is 29.3 Å². The molecule has 0 saturated carbocycles. The van der Waals surface area contributed by atoms with Crippen molar-refractivity contribution in [2.24, 2.45) is 0 Å². The van der Waals surface area contributed by atoms with Gasteiger partial charge in [-0.15, -0.1) is 0 Å². The molecule has 4 atom stereocenters. The first-order valence-electron chi connectivity index (χ1n) is 22.5. The Morgan fingerprint density at radius 2 is 1.10 bits per heavy atom. The van der Waals surface area contributed by atoms with Crippen molar-refractivity contribution in [1.82, 2.24) is 0 Å². The predicted octanol–water partition coefficient (Wildman–Crippen LogP) is 10.6. The van der Waals surface area contributed by atoms with Crippen LogP contribution in [0.15, 0.2) is 48.6 Å². The van der Waals surface area contributed by atoms with E-state index in [0.29, 0.717) is 36.7 Å². The van der Waals surface area contributed by atoms with Gasteiger partial charge in [0.05, 0.1) is 40.0 Å². The average molecular weight is 843 g/mol. The Kier molecular flexibility index (Phi) is 36.5. The fraction of sp³-hybridized carbons (Fsp3) is 0.783. The fourth-order valence-electron chi connectivity index (χ4n) is 5.81. The highest BCUT2D eigenvalue weighted by atomic mass is 31.2. The molecular formula is C46H85NO10P+. The molecule has 0 aromatic heterocycles. The summed E-state index contributed by atoms with van der Waals surface area (Å²) >= 11 is 0. The number of ether oxygens (including phenoxy) is 2. The van der Waals surface area contributed by atoms with Crippen LogP contribution in [0.4, 0.5) is 0 Å². The second-order valence-corrected chi connectivity index (χ2v) is 17.8. The summed E-state index contributed by atoms with van der Waals surface area (Å²) < 4.78 is 34.2. The molecule has 0 amide bonds. The van der Waals surface area contributed by atoms with Gasteiger partial charge < -0.3 is 29.1 Å². The predicted molar refractivity (Wildman–Crippen MR) is 236 cm³/mol. The van der Waals surface area contributed by atoms with Crippen LogP contribution in [0.3, 0.4) is 0 Å². The maximum Gasteiger partial charge on any atom is 0.472 e. The topological polar surface area (TPSA) is 149 Å². The van der Waals surface area contributed by atoms with Gasteiger partial charge in [-0.25, -0.2) is 4.57 Å². The molecule has 0 aromatic rings. The van der Waals surface area contributed by atoms with Crippen molar-refractivity contribution in [3.05, 3.63) is 48.6 Å². The van der Waals surface area contributed by atoms with E-state index in [1.54, 1.807) is 0 Å².